The van der Waals surface area contributed by atoms with Gasteiger partial charge in [0.25, 0.3) is 0 Å². The molecule has 2 N–H and O–H groups in total. The molecule has 2 heteroatoms. The van der Waals surface area contributed by atoms with E-state index in [0.717, 1.165) is 0 Å². The number of hydrogen-bond acceptors (Lipinski definition) is 2. The number of hydroxylamine groups is 1. The predicted octanol–water partition coefficient (Wildman–Crippen LogP) is 0.435. The lowest BCUT2D eigenvalue weighted by molar-refractivity contribution is 0.158. The molecule has 0 bridgehead atoms. The summed E-state index contributed by atoms with van der Waals surface area (Å²) in [5.41, 5.74) is 2.00. The summed E-state index contributed by atoms with van der Waals surface area (Å²) in [7, 11) is 0. The Labute approximate surface area is 38.1 Å². The molecule has 1 atom stereocenters. The van der Waals surface area contributed by atoms with Gasteiger partial charge in [-0.1, -0.05) is 6.92 Å². The number of nitrogens with one attached hydrogen (secondary N) is 1. The van der Waals surface area contributed by atoms with E-state index in [1.54, 1.807) is 0 Å². The zero-order valence-corrected chi connectivity index (χ0v) is 3.94. The highest BCUT2D eigenvalue weighted by atomic mass is 16.5. The Hall–Kier alpha value is -0.0800. The fourth-order valence-corrected chi connectivity index (χ4v) is 0.156. The molecule has 0 aromatic rings. The highest BCUT2D eigenvalue weighted by Crippen LogP contribution is 1.82. The van der Waals surface area contributed by atoms with Crippen molar-refractivity contribution < 1.29 is 5.21 Å². The molecule has 0 fully saturated rings. The fraction of sp³-hybridized carbons (Fsp3) is 0.750. The summed E-state index contributed by atoms with van der Waals surface area (Å²) in [4.78, 5) is 0. The van der Waals surface area contributed by atoms with E-state index in [9.17, 15) is 0 Å². The first-order valence-corrected chi connectivity index (χ1v) is 1.97. The highest BCUT2D eigenvalue weighted by molar-refractivity contribution is 4.51. The molecule has 0 aromatic carbocycles. The summed E-state index contributed by atoms with van der Waals surface area (Å²) in [5.74, 6) is 0.287. The molecule has 0 aliphatic carbocycles. The standard InChI is InChI=1S/C4H10NO/c1-4(2)3-5-6/h4-6H,1,3H2,2H3/t4-/m1/s1. The summed E-state index contributed by atoms with van der Waals surface area (Å²) in [6.07, 6.45) is 0. The van der Waals surface area contributed by atoms with Crippen LogP contribution in [0, 0.1) is 12.8 Å². The second kappa shape index (κ2) is 3.12. The van der Waals surface area contributed by atoms with Crippen molar-refractivity contribution in [3.05, 3.63) is 6.92 Å². The maximum Gasteiger partial charge on any atom is 0.0233 e. The molecule has 0 aliphatic heterocycles. The summed E-state index contributed by atoms with van der Waals surface area (Å²) in [5, 5.41) is 7.95. The van der Waals surface area contributed by atoms with Gasteiger partial charge in [-0.15, -0.1) is 0 Å². The summed E-state index contributed by atoms with van der Waals surface area (Å²) >= 11 is 0. The van der Waals surface area contributed by atoms with Crippen molar-refractivity contribution in [2.75, 3.05) is 6.54 Å². The SMILES string of the molecule is [CH2][C@H](C)CNO. The molecule has 37 valence electrons. The van der Waals surface area contributed by atoms with Crippen molar-refractivity contribution in [3.63, 3.8) is 0 Å². The first-order chi connectivity index (χ1) is 2.77. The summed E-state index contributed by atoms with van der Waals surface area (Å²) < 4.78 is 0. The van der Waals surface area contributed by atoms with Gasteiger partial charge in [0, 0.05) is 6.54 Å². The van der Waals surface area contributed by atoms with Gasteiger partial charge in [0.05, 0.1) is 0 Å². The molecule has 0 unspecified atom stereocenters. The van der Waals surface area contributed by atoms with E-state index < -0.39 is 0 Å². The monoisotopic (exact) mass is 88.1 g/mol. The van der Waals surface area contributed by atoms with E-state index in [1.165, 1.54) is 0 Å². The van der Waals surface area contributed by atoms with Crippen LogP contribution in [-0.4, -0.2) is 11.8 Å². The molecule has 0 saturated carbocycles. The van der Waals surface area contributed by atoms with Gasteiger partial charge in [0.15, 0.2) is 0 Å². The molecule has 1 radical (unpaired) electrons. The number of hydrogen-bond donors (Lipinski definition) is 2. The average Bonchev–Trinajstić information content (AvgIpc) is 1.35. The van der Waals surface area contributed by atoms with Crippen LogP contribution in [0.5, 0.6) is 0 Å². The van der Waals surface area contributed by atoms with Gasteiger partial charge < -0.3 is 5.21 Å². The van der Waals surface area contributed by atoms with Crippen molar-refractivity contribution in [1.29, 1.82) is 0 Å². The Balaban J connectivity index is 2.63. The zero-order valence-electron chi connectivity index (χ0n) is 3.94. The van der Waals surface area contributed by atoms with Crippen molar-refractivity contribution >= 4 is 0 Å². The van der Waals surface area contributed by atoms with Gasteiger partial charge in [-0.2, -0.15) is 0 Å². The first kappa shape index (κ1) is 5.92. The number of rotatable bonds is 2. The average molecular weight is 88.1 g/mol. The minimum atomic E-state index is 0.287. The molecule has 0 rings (SSSR count). The van der Waals surface area contributed by atoms with Gasteiger partial charge in [-0.05, 0) is 12.8 Å². The highest BCUT2D eigenvalue weighted by Gasteiger charge is 1.85. The van der Waals surface area contributed by atoms with E-state index in [4.69, 9.17) is 5.21 Å². The molecule has 2 nitrogen and oxygen atoms in total. The lowest BCUT2D eigenvalue weighted by Gasteiger charge is -1.97. The maximum atomic E-state index is 7.95. The van der Waals surface area contributed by atoms with E-state index >= 15 is 0 Å². The van der Waals surface area contributed by atoms with Crippen LogP contribution in [0.2, 0.25) is 0 Å². The molecule has 0 aromatic heterocycles. The van der Waals surface area contributed by atoms with Crippen LogP contribution >= 0.6 is 0 Å². The minimum absolute atomic E-state index is 0.287. The third-order valence-electron chi connectivity index (χ3n) is 0.440. The molecular formula is C4H10NO. The summed E-state index contributed by atoms with van der Waals surface area (Å²) in [6.45, 7) is 6.10. The van der Waals surface area contributed by atoms with Gasteiger partial charge in [-0.25, -0.2) is 5.48 Å². The quantitative estimate of drug-likeness (QED) is 0.480. The van der Waals surface area contributed by atoms with Crippen LogP contribution in [0.1, 0.15) is 6.92 Å². The molecular weight excluding hydrogens is 78.0 g/mol. The van der Waals surface area contributed by atoms with Crippen LogP contribution in [0.15, 0.2) is 0 Å². The summed E-state index contributed by atoms with van der Waals surface area (Å²) in [6, 6.07) is 0. The molecule has 0 heterocycles. The Bertz CT molecular complexity index is 28.7. The van der Waals surface area contributed by atoms with Crippen LogP contribution in [-0.2, 0) is 0 Å². The van der Waals surface area contributed by atoms with E-state index in [-0.39, 0.29) is 5.92 Å². The predicted molar refractivity (Wildman–Crippen MR) is 24.3 cm³/mol. The van der Waals surface area contributed by atoms with Crippen LogP contribution in [0.4, 0.5) is 0 Å². The van der Waals surface area contributed by atoms with Crippen molar-refractivity contribution in [2.45, 2.75) is 6.92 Å². The zero-order chi connectivity index (χ0) is 4.99. The largest absolute Gasteiger partial charge is 0.317 e. The van der Waals surface area contributed by atoms with Crippen molar-refractivity contribution in [2.24, 2.45) is 5.92 Å². The fourth-order valence-electron chi connectivity index (χ4n) is 0.156. The Morgan fingerprint density at radius 3 is 2.50 bits per heavy atom. The van der Waals surface area contributed by atoms with E-state index in [2.05, 4.69) is 6.92 Å². The third kappa shape index (κ3) is 3.92. The smallest absolute Gasteiger partial charge is 0.0233 e. The molecule has 0 saturated heterocycles. The lowest BCUT2D eigenvalue weighted by Crippen LogP contribution is -2.14. The van der Waals surface area contributed by atoms with Crippen LogP contribution < -0.4 is 5.48 Å². The van der Waals surface area contributed by atoms with Crippen LogP contribution in [0.3, 0.4) is 0 Å². The Kier molecular flexibility index (Phi) is 3.08. The molecule has 6 heavy (non-hydrogen) atoms. The van der Waals surface area contributed by atoms with Gasteiger partial charge >= 0.3 is 0 Å². The van der Waals surface area contributed by atoms with Gasteiger partial charge in [-0.3, -0.25) is 0 Å². The third-order valence-corrected chi connectivity index (χ3v) is 0.440. The molecule has 0 spiro atoms. The van der Waals surface area contributed by atoms with Gasteiger partial charge in [0.2, 0.25) is 0 Å². The normalized spacial score (nSPS) is 10.0. The van der Waals surface area contributed by atoms with Crippen molar-refractivity contribution in [1.82, 2.24) is 5.48 Å². The van der Waals surface area contributed by atoms with Gasteiger partial charge in [0.1, 0.15) is 0 Å². The second-order valence-electron chi connectivity index (χ2n) is 1.47. The maximum absolute atomic E-state index is 7.95. The minimum Gasteiger partial charge on any atom is -0.317 e. The Morgan fingerprint density at radius 1 is 2.00 bits per heavy atom. The van der Waals surface area contributed by atoms with Crippen molar-refractivity contribution in [3.8, 4) is 0 Å². The van der Waals surface area contributed by atoms with Crippen LogP contribution in [0.25, 0.3) is 0 Å². The lowest BCUT2D eigenvalue weighted by atomic mass is 10.2. The Morgan fingerprint density at radius 2 is 2.50 bits per heavy atom. The first-order valence-electron chi connectivity index (χ1n) is 1.97. The topological polar surface area (TPSA) is 32.3 Å². The molecule has 0 aliphatic rings. The van der Waals surface area contributed by atoms with E-state index in [0.29, 0.717) is 6.54 Å². The molecule has 0 amide bonds. The second-order valence-corrected chi connectivity index (χ2v) is 1.47. The van der Waals surface area contributed by atoms with E-state index in [1.807, 2.05) is 12.4 Å².